The van der Waals surface area contributed by atoms with Crippen molar-refractivity contribution in [1.29, 1.82) is 5.41 Å². The Hall–Kier alpha value is -2.04. The molecule has 1 aliphatic heterocycles. The monoisotopic (exact) mass is 412 g/mol. The molecule has 0 aromatic carbocycles. The standard InChI is InChI=1S/C19H36N6O4/c1-18(2)14(20)13-15(24-29)19(3,4)23-9-12-25(11-8-22-18)10-7-21-16(26)5-6-17(27)28/h20,22-23,29H,5-13H2,1-4H3,(H,21,26)(H,27,28)/b20-14?,24-15-. The van der Waals surface area contributed by atoms with Crippen LogP contribution in [-0.4, -0.2) is 88.9 Å². The van der Waals surface area contributed by atoms with Gasteiger partial charge in [-0.15, -0.1) is 0 Å². The Morgan fingerprint density at radius 3 is 2.28 bits per heavy atom. The first-order valence-electron chi connectivity index (χ1n) is 9.98. The van der Waals surface area contributed by atoms with Gasteiger partial charge in [0.15, 0.2) is 0 Å². The zero-order valence-corrected chi connectivity index (χ0v) is 18.0. The van der Waals surface area contributed by atoms with Crippen LogP contribution in [0.1, 0.15) is 47.0 Å². The SMILES string of the molecule is CC1(C)NCCN(CCNC(=O)CCC(=O)O)CCNC(C)(C)/C(=N\O)CC1=N. The van der Waals surface area contributed by atoms with E-state index in [1.807, 2.05) is 27.7 Å². The quantitative estimate of drug-likeness (QED) is 0.270. The Kier molecular flexibility index (Phi) is 9.67. The Labute approximate surface area is 172 Å². The highest BCUT2D eigenvalue weighted by Crippen LogP contribution is 2.15. The summed E-state index contributed by atoms with van der Waals surface area (Å²) in [7, 11) is 0. The molecule has 0 bridgehead atoms. The van der Waals surface area contributed by atoms with Crippen molar-refractivity contribution in [2.24, 2.45) is 5.16 Å². The molecule has 10 nitrogen and oxygen atoms in total. The number of carbonyl (C=O) groups is 2. The van der Waals surface area contributed by atoms with E-state index < -0.39 is 17.0 Å². The third kappa shape index (κ3) is 8.88. The smallest absolute Gasteiger partial charge is 0.303 e. The van der Waals surface area contributed by atoms with Gasteiger partial charge in [0, 0.05) is 57.8 Å². The van der Waals surface area contributed by atoms with E-state index in [1.165, 1.54) is 0 Å². The van der Waals surface area contributed by atoms with Gasteiger partial charge >= 0.3 is 5.97 Å². The lowest BCUT2D eigenvalue weighted by Crippen LogP contribution is -2.55. The molecule has 6 N–H and O–H groups in total. The van der Waals surface area contributed by atoms with Gasteiger partial charge < -0.3 is 31.7 Å². The summed E-state index contributed by atoms with van der Waals surface area (Å²) in [5, 5.41) is 39.5. The fourth-order valence-electron chi connectivity index (χ4n) is 3.03. The van der Waals surface area contributed by atoms with Crippen molar-refractivity contribution in [3.8, 4) is 0 Å². The van der Waals surface area contributed by atoms with Crippen LogP contribution in [0.3, 0.4) is 0 Å². The van der Waals surface area contributed by atoms with Gasteiger partial charge in [-0.3, -0.25) is 14.5 Å². The minimum Gasteiger partial charge on any atom is -0.481 e. The lowest BCUT2D eigenvalue weighted by Gasteiger charge is -2.35. The fraction of sp³-hybridized carbons (Fsp3) is 0.789. The number of nitrogens with one attached hydrogen (secondary N) is 4. The first-order valence-corrected chi connectivity index (χ1v) is 9.98. The molecule has 0 unspecified atom stereocenters. The second-order valence-corrected chi connectivity index (χ2v) is 8.39. The molecule has 0 aromatic rings. The first kappa shape index (κ1) is 25.0. The van der Waals surface area contributed by atoms with E-state index in [1.54, 1.807) is 0 Å². The van der Waals surface area contributed by atoms with Crippen molar-refractivity contribution < 1.29 is 19.9 Å². The molecular formula is C19H36N6O4. The summed E-state index contributed by atoms with van der Waals surface area (Å²) in [4.78, 5) is 24.4. The summed E-state index contributed by atoms with van der Waals surface area (Å²) in [5.41, 5.74) is -0.150. The molecule has 1 aliphatic rings. The Balaban J connectivity index is 2.70. The second kappa shape index (κ2) is 11.2. The largest absolute Gasteiger partial charge is 0.481 e. The van der Waals surface area contributed by atoms with Crippen molar-refractivity contribution in [2.75, 3.05) is 39.3 Å². The van der Waals surface area contributed by atoms with E-state index in [0.717, 1.165) is 13.1 Å². The van der Waals surface area contributed by atoms with Crippen molar-refractivity contribution in [2.45, 2.75) is 58.0 Å². The molecule has 1 rings (SSSR count). The minimum absolute atomic E-state index is 0.0216. The van der Waals surface area contributed by atoms with Crippen LogP contribution >= 0.6 is 0 Å². The summed E-state index contributed by atoms with van der Waals surface area (Å²) in [6.07, 6.45) is 0.0864. The fourth-order valence-corrected chi connectivity index (χ4v) is 3.03. The van der Waals surface area contributed by atoms with E-state index in [2.05, 4.69) is 26.0 Å². The van der Waals surface area contributed by atoms with Crippen LogP contribution in [0, 0.1) is 5.41 Å². The number of nitrogens with zero attached hydrogens (tertiary/aromatic N) is 2. The molecule has 0 spiro atoms. The highest BCUT2D eigenvalue weighted by atomic mass is 16.4. The lowest BCUT2D eigenvalue weighted by molar-refractivity contribution is -0.138. The molecule has 0 aromatic heterocycles. The number of rotatable bonds is 6. The highest BCUT2D eigenvalue weighted by Gasteiger charge is 2.31. The molecule has 1 heterocycles. The molecule has 10 heteroatoms. The van der Waals surface area contributed by atoms with Crippen molar-refractivity contribution >= 4 is 23.3 Å². The first-order chi connectivity index (χ1) is 13.5. The molecule has 1 saturated heterocycles. The van der Waals surface area contributed by atoms with Crippen LogP contribution in [0.2, 0.25) is 0 Å². The molecular weight excluding hydrogens is 376 g/mol. The third-order valence-corrected chi connectivity index (χ3v) is 5.25. The van der Waals surface area contributed by atoms with E-state index in [4.69, 9.17) is 10.5 Å². The Morgan fingerprint density at radius 2 is 1.72 bits per heavy atom. The summed E-state index contributed by atoms with van der Waals surface area (Å²) >= 11 is 0. The second-order valence-electron chi connectivity index (χ2n) is 8.39. The van der Waals surface area contributed by atoms with Gasteiger partial charge in [-0.05, 0) is 27.7 Å². The minimum atomic E-state index is -0.984. The van der Waals surface area contributed by atoms with Crippen LogP contribution in [-0.2, 0) is 9.59 Å². The predicted octanol–water partition coefficient (Wildman–Crippen LogP) is 0.259. The third-order valence-electron chi connectivity index (χ3n) is 5.25. The summed E-state index contributed by atoms with van der Waals surface area (Å²) in [6.45, 7) is 11.6. The average Bonchev–Trinajstić information content (AvgIpc) is 2.62. The molecule has 1 amide bonds. The van der Waals surface area contributed by atoms with Gasteiger partial charge in [-0.2, -0.15) is 0 Å². The number of hydrogen-bond donors (Lipinski definition) is 6. The maximum atomic E-state index is 11.7. The topological polar surface area (TPSA) is 150 Å². The maximum Gasteiger partial charge on any atom is 0.303 e. The molecule has 29 heavy (non-hydrogen) atoms. The summed E-state index contributed by atoms with van der Waals surface area (Å²) in [6, 6.07) is 0. The van der Waals surface area contributed by atoms with E-state index >= 15 is 0 Å². The zero-order valence-electron chi connectivity index (χ0n) is 18.0. The van der Waals surface area contributed by atoms with Gasteiger partial charge in [0.2, 0.25) is 5.91 Å². The Bertz CT molecular complexity index is 618. The lowest BCUT2D eigenvalue weighted by atomic mass is 9.87. The van der Waals surface area contributed by atoms with Crippen molar-refractivity contribution in [3.05, 3.63) is 0 Å². The summed E-state index contributed by atoms with van der Waals surface area (Å²) in [5.74, 6) is -1.25. The van der Waals surface area contributed by atoms with E-state index in [-0.39, 0.29) is 25.2 Å². The van der Waals surface area contributed by atoms with Crippen LogP contribution in [0.5, 0.6) is 0 Å². The number of oxime groups is 1. The van der Waals surface area contributed by atoms with Gasteiger partial charge in [-0.25, -0.2) is 0 Å². The van der Waals surface area contributed by atoms with Gasteiger partial charge in [0.1, 0.15) is 0 Å². The molecule has 0 saturated carbocycles. The van der Waals surface area contributed by atoms with E-state index in [0.29, 0.717) is 37.6 Å². The number of carboxylic acid groups (broad SMARTS) is 1. The van der Waals surface area contributed by atoms with Crippen LogP contribution < -0.4 is 16.0 Å². The van der Waals surface area contributed by atoms with Gasteiger partial charge in [0.25, 0.3) is 0 Å². The van der Waals surface area contributed by atoms with Crippen LogP contribution in [0.25, 0.3) is 0 Å². The molecule has 0 aliphatic carbocycles. The van der Waals surface area contributed by atoms with E-state index in [9.17, 15) is 14.8 Å². The number of aliphatic carboxylic acids is 1. The molecule has 1 fully saturated rings. The van der Waals surface area contributed by atoms with Crippen molar-refractivity contribution in [3.63, 3.8) is 0 Å². The normalized spacial score (nSPS) is 22.5. The average molecular weight is 413 g/mol. The van der Waals surface area contributed by atoms with Crippen LogP contribution in [0.4, 0.5) is 0 Å². The molecule has 0 radical (unpaired) electrons. The molecule has 0 atom stereocenters. The number of carbonyl (C=O) groups excluding carboxylic acids is 1. The van der Waals surface area contributed by atoms with Crippen LogP contribution in [0.15, 0.2) is 5.16 Å². The Morgan fingerprint density at radius 1 is 1.14 bits per heavy atom. The molecule has 166 valence electrons. The summed E-state index contributed by atoms with van der Waals surface area (Å²) < 4.78 is 0. The van der Waals surface area contributed by atoms with Crippen molar-refractivity contribution in [1.82, 2.24) is 20.9 Å². The zero-order chi connectivity index (χ0) is 22.1. The maximum absolute atomic E-state index is 11.7. The van der Waals surface area contributed by atoms with Gasteiger partial charge in [0.05, 0.1) is 23.2 Å². The number of amides is 1. The number of carboxylic acids is 1. The number of hydrogen-bond acceptors (Lipinski definition) is 8. The highest BCUT2D eigenvalue weighted by molar-refractivity contribution is 6.10. The predicted molar refractivity (Wildman–Crippen MR) is 112 cm³/mol. The van der Waals surface area contributed by atoms with Gasteiger partial charge in [-0.1, -0.05) is 5.16 Å².